The van der Waals surface area contributed by atoms with Crippen molar-refractivity contribution in [3.63, 3.8) is 0 Å². The average Bonchev–Trinajstić information content (AvgIpc) is 2.52. The van der Waals surface area contributed by atoms with Crippen molar-refractivity contribution < 1.29 is 18.9 Å². The molecule has 0 saturated heterocycles. The molecule has 0 bridgehead atoms. The number of halogens is 1. The van der Waals surface area contributed by atoms with Gasteiger partial charge in [0.05, 0.1) is 6.61 Å². The standard InChI is InChI=1S/C18H38IO4P/c19-17-15-13-11-9-7-5-3-1-2-4-6-8-10-12-14-16-18-23-24(20,21)22/h1-18H2,(H2,20,21,22). The maximum Gasteiger partial charge on any atom is 0.469 e. The Morgan fingerprint density at radius 3 is 1.17 bits per heavy atom. The molecule has 0 aliphatic rings. The lowest BCUT2D eigenvalue weighted by atomic mass is 10.0. The number of hydrogen-bond acceptors (Lipinski definition) is 2. The fourth-order valence-electron chi connectivity index (χ4n) is 2.85. The van der Waals surface area contributed by atoms with E-state index in [1.165, 1.54) is 87.9 Å². The lowest BCUT2D eigenvalue weighted by molar-refractivity contribution is 0.193. The third kappa shape index (κ3) is 22.8. The Labute approximate surface area is 162 Å². The summed E-state index contributed by atoms with van der Waals surface area (Å²) in [5, 5.41) is 0. The molecule has 0 radical (unpaired) electrons. The van der Waals surface area contributed by atoms with E-state index in [-0.39, 0.29) is 6.61 Å². The van der Waals surface area contributed by atoms with Crippen molar-refractivity contribution in [2.45, 2.75) is 103 Å². The smallest absolute Gasteiger partial charge is 0.303 e. The largest absolute Gasteiger partial charge is 0.469 e. The van der Waals surface area contributed by atoms with Gasteiger partial charge in [-0.3, -0.25) is 4.52 Å². The van der Waals surface area contributed by atoms with Crippen LogP contribution in [0.1, 0.15) is 103 Å². The van der Waals surface area contributed by atoms with Gasteiger partial charge in [0.15, 0.2) is 0 Å². The number of unbranched alkanes of at least 4 members (excludes halogenated alkanes) is 15. The van der Waals surface area contributed by atoms with E-state index in [1.54, 1.807) is 0 Å². The highest BCUT2D eigenvalue weighted by Gasteiger charge is 2.12. The second kappa shape index (κ2) is 18.6. The summed E-state index contributed by atoms with van der Waals surface area (Å²) in [6, 6.07) is 0. The van der Waals surface area contributed by atoms with Crippen molar-refractivity contribution in [1.82, 2.24) is 0 Å². The first-order chi connectivity index (χ1) is 11.6. The van der Waals surface area contributed by atoms with Crippen LogP contribution in [0.3, 0.4) is 0 Å². The summed E-state index contributed by atoms with van der Waals surface area (Å²) in [4.78, 5) is 17.1. The number of rotatable bonds is 19. The van der Waals surface area contributed by atoms with E-state index in [1.807, 2.05) is 0 Å². The minimum atomic E-state index is -4.26. The molecule has 2 N–H and O–H groups in total. The molecular formula is C18H38IO4P. The van der Waals surface area contributed by atoms with Crippen LogP contribution >= 0.6 is 30.4 Å². The summed E-state index contributed by atoms with van der Waals surface area (Å²) in [7, 11) is -4.26. The topological polar surface area (TPSA) is 66.8 Å². The second-order valence-corrected chi connectivity index (χ2v) is 8.99. The molecule has 0 heterocycles. The molecule has 0 fully saturated rings. The SMILES string of the molecule is O=P(O)(O)OCCCCCCCCCCCCCCCCCCI. The van der Waals surface area contributed by atoms with E-state index in [2.05, 4.69) is 27.1 Å². The first-order valence-electron chi connectivity index (χ1n) is 9.82. The molecule has 24 heavy (non-hydrogen) atoms. The van der Waals surface area contributed by atoms with Gasteiger partial charge in [-0.25, -0.2) is 4.57 Å². The molecule has 0 aromatic carbocycles. The lowest BCUT2D eigenvalue weighted by Gasteiger charge is -2.05. The van der Waals surface area contributed by atoms with Crippen LogP contribution in [-0.2, 0) is 9.09 Å². The molecule has 6 heteroatoms. The highest BCUT2D eigenvalue weighted by Crippen LogP contribution is 2.35. The highest BCUT2D eigenvalue weighted by molar-refractivity contribution is 14.1. The van der Waals surface area contributed by atoms with Gasteiger partial charge in [-0.2, -0.15) is 0 Å². The summed E-state index contributed by atoms with van der Waals surface area (Å²) >= 11 is 2.46. The minimum absolute atomic E-state index is 0.169. The zero-order valence-corrected chi connectivity index (χ0v) is 18.3. The van der Waals surface area contributed by atoms with Crippen LogP contribution in [0.25, 0.3) is 0 Å². The molecule has 146 valence electrons. The van der Waals surface area contributed by atoms with Crippen molar-refractivity contribution in [2.75, 3.05) is 11.0 Å². The van der Waals surface area contributed by atoms with Gasteiger partial charge in [0.1, 0.15) is 0 Å². The Kier molecular flexibility index (Phi) is 19.3. The lowest BCUT2D eigenvalue weighted by Crippen LogP contribution is -1.92. The fraction of sp³-hybridized carbons (Fsp3) is 1.00. The van der Waals surface area contributed by atoms with Gasteiger partial charge >= 0.3 is 7.82 Å². The molecule has 0 unspecified atom stereocenters. The van der Waals surface area contributed by atoms with Crippen molar-refractivity contribution in [2.24, 2.45) is 0 Å². The second-order valence-electron chi connectivity index (χ2n) is 6.67. The zero-order chi connectivity index (χ0) is 17.9. The first kappa shape index (κ1) is 24.8. The van der Waals surface area contributed by atoms with Gasteiger partial charge in [0, 0.05) is 0 Å². The molecule has 0 aromatic heterocycles. The average molecular weight is 476 g/mol. The van der Waals surface area contributed by atoms with Crippen LogP contribution in [0.4, 0.5) is 0 Å². The van der Waals surface area contributed by atoms with Gasteiger partial charge in [-0.05, 0) is 17.3 Å². The Bertz CT molecular complexity index is 297. The summed E-state index contributed by atoms with van der Waals surface area (Å²) < 4.78 is 16.2. The minimum Gasteiger partial charge on any atom is -0.303 e. The first-order valence-corrected chi connectivity index (χ1v) is 12.9. The molecule has 0 saturated carbocycles. The monoisotopic (exact) mass is 476 g/mol. The van der Waals surface area contributed by atoms with Crippen LogP contribution in [-0.4, -0.2) is 20.8 Å². The Morgan fingerprint density at radius 2 is 0.875 bits per heavy atom. The molecule has 0 aliphatic heterocycles. The zero-order valence-electron chi connectivity index (χ0n) is 15.3. The summed E-state index contributed by atoms with van der Waals surface area (Å²) in [5.74, 6) is 0. The Balaban J connectivity index is 3.02. The van der Waals surface area contributed by atoms with Gasteiger partial charge in [-0.15, -0.1) is 0 Å². The van der Waals surface area contributed by atoms with Crippen molar-refractivity contribution in [1.29, 1.82) is 0 Å². The predicted molar refractivity (Wildman–Crippen MR) is 111 cm³/mol. The number of phosphoric acid groups is 1. The van der Waals surface area contributed by atoms with Gasteiger partial charge in [0.25, 0.3) is 0 Å². The molecule has 0 atom stereocenters. The van der Waals surface area contributed by atoms with Crippen molar-refractivity contribution >= 4 is 30.4 Å². The van der Waals surface area contributed by atoms with Crippen LogP contribution in [0.5, 0.6) is 0 Å². The molecule has 4 nitrogen and oxygen atoms in total. The van der Waals surface area contributed by atoms with Crippen molar-refractivity contribution in [3.8, 4) is 0 Å². The van der Waals surface area contributed by atoms with Crippen LogP contribution < -0.4 is 0 Å². The molecule has 0 amide bonds. The van der Waals surface area contributed by atoms with E-state index in [0.29, 0.717) is 0 Å². The Hall–Kier alpha value is 0.840. The number of hydrogen-bond donors (Lipinski definition) is 2. The maximum atomic E-state index is 10.5. The van der Waals surface area contributed by atoms with Crippen LogP contribution in [0.15, 0.2) is 0 Å². The normalized spacial score (nSPS) is 12.0. The summed E-state index contributed by atoms with van der Waals surface area (Å²) in [6.07, 6.45) is 20.8. The molecule has 0 aromatic rings. The Morgan fingerprint density at radius 1 is 0.583 bits per heavy atom. The third-order valence-electron chi connectivity index (χ3n) is 4.29. The molecule has 0 rings (SSSR count). The van der Waals surface area contributed by atoms with Crippen LogP contribution in [0.2, 0.25) is 0 Å². The van der Waals surface area contributed by atoms with Crippen LogP contribution in [0, 0.1) is 0 Å². The maximum absolute atomic E-state index is 10.5. The van der Waals surface area contributed by atoms with Gasteiger partial charge < -0.3 is 9.79 Å². The van der Waals surface area contributed by atoms with E-state index in [0.717, 1.165) is 19.3 Å². The van der Waals surface area contributed by atoms with E-state index in [9.17, 15) is 4.57 Å². The molecular weight excluding hydrogens is 438 g/mol. The third-order valence-corrected chi connectivity index (χ3v) is 5.57. The fourth-order valence-corrected chi connectivity index (χ4v) is 3.76. The highest BCUT2D eigenvalue weighted by atomic mass is 127. The van der Waals surface area contributed by atoms with E-state index < -0.39 is 7.82 Å². The predicted octanol–water partition coefficient (Wildman–Crippen LogP) is 6.77. The van der Waals surface area contributed by atoms with Gasteiger partial charge in [-0.1, -0.05) is 112 Å². The quantitative estimate of drug-likeness (QED) is 0.0935. The van der Waals surface area contributed by atoms with E-state index >= 15 is 0 Å². The summed E-state index contributed by atoms with van der Waals surface area (Å²) in [5.41, 5.74) is 0. The number of alkyl halides is 1. The van der Waals surface area contributed by atoms with Gasteiger partial charge in [0.2, 0.25) is 0 Å². The number of phosphoric ester groups is 1. The van der Waals surface area contributed by atoms with Crippen molar-refractivity contribution in [3.05, 3.63) is 0 Å². The summed E-state index contributed by atoms with van der Waals surface area (Å²) in [6.45, 7) is 0.169. The van der Waals surface area contributed by atoms with E-state index in [4.69, 9.17) is 9.79 Å². The molecule has 0 aliphatic carbocycles. The molecule has 0 spiro atoms.